The molecule has 1 aliphatic rings. The molecule has 0 aromatic heterocycles. The SMILES string of the molecule is C[C@H]1CCCN(C(=O)CN(c2ccccc2Cl)S(C)(=O)=O)C1. The average Bonchev–Trinajstić information content (AvgIpc) is 2.44. The standard InChI is InChI=1S/C15H21ClN2O3S/c1-12-6-5-9-17(10-12)15(19)11-18(22(2,20)21)14-8-4-3-7-13(14)16/h3-4,7-8,12H,5-6,9-11H2,1-2H3/t12-/m0/s1. The summed E-state index contributed by atoms with van der Waals surface area (Å²) in [4.78, 5) is 14.2. The predicted molar refractivity (Wildman–Crippen MR) is 88.6 cm³/mol. The third kappa shape index (κ3) is 4.14. The van der Waals surface area contributed by atoms with Crippen molar-refractivity contribution in [1.82, 2.24) is 4.90 Å². The number of carbonyl (C=O) groups excluding carboxylic acids is 1. The zero-order valence-electron chi connectivity index (χ0n) is 12.8. The third-order valence-corrected chi connectivity index (χ3v) is 5.26. The number of likely N-dealkylation sites (tertiary alicyclic amines) is 1. The topological polar surface area (TPSA) is 57.7 Å². The monoisotopic (exact) mass is 344 g/mol. The molecule has 7 heteroatoms. The van der Waals surface area contributed by atoms with Crippen molar-refractivity contribution in [3.05, 3.63) is 29.3 Å². The number of rotatable bonds is 4. The molecule has 0 unspecified atom stereocenters. The molecule has 0 spiro atoms. The number of hydrogen-bond donors (Lipinski definition) is 0. The minimum absolute atomic E-state index is 0.183. The van der Waals surface area contributed by atoms with Gasteiger partial charge in [0.1, 0.15) is 6.54 Å². The van der Waals surface area contributed by atoms with Crippen molar-refractivity contribution < 1.29 is 13.2 Å². The largest absolute Gasteiger partial charge is 0.341 e. The molecule has 2 rings (SSSR count). The number of hydrogen-bond acceptors (Lipinski definition) is 3. The van der Waals surface area contributed by atoms with Crippen LogP contribution in [0, 0.1) is 5.92 Å². The molecule has 122 valence electrons. The number of amides is 1. The van der Waals surface area contributed by atoms with Gasteiger partial charge in [0.15, 0.2) is 0 Å². The van der Waals surface area contributed by atoms with Gasteiger partial charge in [-0.1, -0.05) is 30.7 Å². The molecule has 0 radical (unpaired) electrons. The number of para-hydroxylation sites is 1. The van der Waals surface area contributed by atoms with Crippen LogP contribution in [0.15, 0.2) is 24.3 Å². The van der Waals surface area contributed by atoms with Crippen molar-refractivity contribution in [1.29, 1.82) is 0 Å². The Balaban J connectivity index is 2.21. The number of carbonyl (C=O) groups is 1. The van der Waals surface area contributed by atoms with E-state index in [0.717, 1.165) is 23.4 Å². The summed E-state index contributed by atoms with van der Waals surface area (Å²) in [6.07, 6.45) is 3.14. The lowest BCUT2D eigenvalue weighted by atomic mass is 10.0. The Morgan fingerprint density at radius 3 is 2.68 bits per heavy atom. The van der Waals surface area contributed by atoms with Gasteiger partial charge in [0.2, 0.25) is 15.9 Å². The molecular formula is C15H21ClN2O3S. The summed E-state index contributed by atoms with van der Waals surface area (Å²) in [5.41, 5.74) is 0.338. The first-order valence-electron chi connectivity index (χ1n) is 7.29. The molecule has 1 amide bonds. The van der Waals surface area contributed by atoms with Crippen LogP contribution in [0.25, 0.3) is 0 Å². The second-order valence-corrected chi connectivity index (χ2v) is 8.12. The van der Waals surface area contributed by atoms with Crippen LogP contribution < -0.4 is 4.31 Å². The molecule has 0 N–H and O–H groups in total. The van der Waals surface area contributed by atoms with E-state index in [1.165, 1.54) is 0 Å². The van der Waals surface area contributed by atoms with Crippen LogP contribution in [0.2, 0.25) is 5.02 Å². The van der Waals surface area contributed by atoms with E-state index in [4.69, 9.17) is 11.6 Å². The van der Waals surface area contributed by atoms with Gasteiger partial charge in [-0.15, -0.1) is 0 Å². The lowest BCUT2D eigenvalue weighted by Crippen LogP contribution is -2.46. The highest BCUT2D eigenvalue weighted by molar-refractivity contribution is 7.92. The molecule has 1 aromatic carbocycles. The summed E-state index contributed by atoms with van der Waals surface area (Å²) in [7, 11) is -3.59. The zero-order chi connectivity index (χ0) is 16.3. The highest BCUT2D eigenvalue weighted by Crippen LogP contribution is 2.27. The van der Waals surface area contributed by atoms with Crippen LogP contribution in [0.1, 0.15) is 19.8 Å². The van der Waals surface area contributed by atoms with Crippen molar-refractivity contribution in [2.45, 2.75) is 19.8 Å². The Labute approximate surface area is 136 Å². The normalized spacial score (nSPS) is 19.0. The maximum atomic E-state index is 12.5. The summed E-state index contributed by atoms with van der Waals surface area (Å²) in [6.45, 7) is 3.25. The van der Waals surface area contributed by atoms with Gasteiger partial charge in [-0.25, -0.2) is 8.42 Å². The Hall–Kier alpha value is -1.27. The van der Waals surface area contributed by atoms with E-state index >= 15 is 0 Å². The second-order valence-electron chi connectivity index (χ2n) is 5.81. The van der Waals surface area contributed by atoms with Crippen molar-refractivity contribution in [2.75, 3.05) is 30.2 Å². The van der Waals surface area contributed by atoms with E-state index in [0.29, 0.717) is 29.7 Å². The lowest BCUT2D eigenvalue weighted by molar-refractivity contribution is -0.131. The number of sulfonamides is 1. The van der Waals surface area contributed by atoms with E-state index in [9.17, 15) is 13.2 Å². The molecule has 1 atom stereocenters. The molecule has 1 heterocycles. The molecule has 0 saturated carbocycles. The van der Waals surface area contributed by atoms with Gasteiger partial charge in [0.05, 0.1) is 17.0 Å². The molecule has 5 nitrogen and oxygen atoms in total. The van der Waals surface area contributed by atoms with Crippen LogP contribution in [0.4, 0.5) is 5.69 Å². The molecular weight excluding hydrogens is 324 g/mol. The molecule has 1 aliphatic heterocycles. The molecule has 0 bridgehead atoms. The van der Waals surface area contributed by atoms with Crippen LogP contribution in [0.5, 0.6) is 0 Å². The number of anilines is 1. The second kappa shape index (κ2) is 6.87. The summed E-state index contributed by atoms with van der Waals surface area (Å²) >= 11 is 6.09. The maximum Gasteiger partial charge on any atom is 0.243 e. The van der Waals surface area contributed by atoms with Gasteiger partial charge in [-0.2, -0.15) is 0 Å². The summed E-state index contributed by atoms with van der Waals surface area (Å²) in [6, 6.07) is 6.64. The fourth-order valence-electron chi connectivity index (χ4n) is 2.67. The zero-order valence-corrected chi connectivity index (χ0v) is 14.4. The molecule has 1 saturated heterocycles. The first-order chi connectivity index (χ1) is 10.3. The molecule has 1 fully saturated rings. The van der Waals surface area contributed by atoms with E-state index in [1.54, 1.807) is 29.2 Å². The maximum absolute atomic E-state index is 12.5. The molecule has 1 aromatic rings. The summed E-state index contributed by atoms with van der Waals surface area (Å²) < 4.78 is 25.2. The minimum atomic E-state index is -3.59. The Morgan fingerprint density at radius 2 is 2.09 bits per heavy atom. The molecule has 0 aliphatic carbocycles. The predicted octanol–water partition coefficient (Wildman–Crippen LogP) is 2.36. The van der Waals surface area contributed by atoms with E-state index < -0.39 is 10.0 Å². The van der Waals surface area contributed by atoms with Gasteiger partial charge in [-0.3, -0.25) is 9.10 Å². The van der Waals surface area contributed by atoms with Crippen molar-refractivity contribution in [3.8, 4) is 0 Å². The summed E-state index contributed by atoms with van der Waals surface area (Å²) in [5, 5.41) is 0.313. The van der Waals surface area contributed by atoms with Gasteiger partial charge < -0.3 is 4.90 Å². The number of halogens is 1. The van der Waals surface area contributed by atoms with Crippen LogP contribution in [0.3, 0.4) is 0 Å². The van der Waals surface area contributed by atoms with Crippen molar-refractivity contribution >= 4 is 33.2 Å². The highest BCUT2D eigenvalue weighted by Gasteiger charge is 2.27. The Kier molecular flexibility index (Phi) is 5.34. The number of benzene rings is 1. The first-order valence-corrected chi connectivity index (χ1v) is 9.51. The third-order valence-electron chi connectivity index (χ3n) is 3.81. The van der Waals surface area contributed by atoms with Crippen molar-refractivity contribution in [3.63, 3.8) is 0 Å². The van der Waals surface area contributed by atoms with Gasteiger partial charge in [0.25, 0.3) is 0 Å². The smallest absolute Gasteiger partial charge is 0.243 e. The van der Waals surface area contributed by atoms with E-state index in [-0.39, 0.29) is 12.5 Å². The number of piperidine rings is 1. The lowest BCUT2D eigenvalue weighted by Gasteiger charge is -2.33. The van der Waals surface area contributed by atoms with Gasteiger partial charge >= 0.3 is 0 Å². The van der Waals surface area contributed by atoms with Crippen LogP contribution >= 0.6 is 11.6 Å². The average molecular weight is 345 g/mol. The first kappa shape index (κ1) is 17.1. The van der Waals surface area contributed by atoms with Crippen molar-refractivity contribution in [2.24, 2.45) is 5.92 Å². The highest BCUT2D eigenvalue weighted by atomic mass is 35.5. The van der Waals surface area contributed by atoms with Crippen LogP contribution in [-0.2, 0) is 14.8 Å². The van der Waals surface area contributed by atoms with Gasteiger partial charge in [0, 0.05) is 13.1 Å². The fourth-order valence-corrected chi connectivity index (χ4v) is 3.82. The van der Waals surface area contributed by atoms with Gasteiger partial charge in [-0.05, 0) is 30.9 Å². The summed E-state index contributed by atoms with van der Waals surface area (Å²) in [5.74, 6) is 0.265. The Morgan fingerprint density at radius 1 is 1.41 bits per heavy atom. The fraction of sp³-hybridized carbons (Fsp3) is 0.533. The quantitative estimate of drug-likeness (QED) is 0.842. The molecule has 22 heavy (non-hydrogen) atoms. The minimum Gasteiger partial charge on any atom is -0.341 e. The van der Waals surface area contributed by atoms with Crippen LogP contribution in [-0.4, -0.2) is 45.1 Å². The Bertz CT molecular complexity index is 648. The number of nitrogens with zero attached hydrogens (tertiary/aromatic N) is 2. The van der Waals surface area contributed by atoms with E-state index in [2.05, 4.69) is 6.92 Å². The van der Waals surface area contributed by atoms with E-state index in [1.807, 2.05) is 0 Å².